The molecule has 4 nitrogen and oxygen atoms in total. The van der Waals surface area contributed by atoms with Crippen molar-refractivity contribution in [2.24, 2.45) is 7.05 Å². The summed E-state index contributed by atoms with van der Waals surface area (Å²) in [7, 11) is 1.93. The molecule has 0 bridgehead atoms. The topological polar surface area (TPSA) is 43.9 Å². The van der Waals surface area contributed by atoms with Crippen LogP contribution in [-0.4, -0.2) is 14.5 Å². The van der Waals surface area contributed by atoms with E-state index in [-0.39, 0.29) is 0 Å². The van der Waals surface area contributed by atoms with E-state index < -0.39 is 0 Å². The summed E-state index contributed by atoms with van der Waals surface area (Å²) in [6.45, 7) is 3.77. The maximum absolute atomic E-state index is 5.47. The molecule has 0 spiro atoms. The summed E-state index contributed by atoms with van der Waals surface area (Å²) in [5.41, 5.74) is 1.86. The van der Waals surface area contributed by atoms with Crippen LogP contribution < -0.4 is 0 Å². The van der Waals surface area contributed by atoms with Crippen LogP contribution in [0.15, 0.2) is 16.9 Å². The van der Waals surface area contributed by atoms with Gasteiger partial charge in [0.2, 0.25) is 0 Å². The maximum atomic E-state index is 5.47. The smallest absolute Gasteiger partial charge is 0.192 e. The molecule has 0 N–H and O–H groups in total. The van der Waals surface area contributed by atoms with Crippen LogP contribution in [0.1, 0.15) is 11.6 Å². The number of aromatic nitrogens is 3. The van der Waals surface area contributed by atoms with Crippen LogP contribution in [0.2, 0.25) is 0 Å². The molecule has 0 aliphatic heterocycles. The summed E-state index contributed by atoms with van der Waals surface area (Å²) in [5.74, 6) is 1.49. The fourth-order valence-corrected chi connectivity index (χ4v) is 1.34. The van der Waals surface area contributed by atoms with Crippen LogP contribution >= 0.6 is 0 Å². The van der Waals surface area contributed by atoms with Crippen LogP contribution in [0.5, 0.6) is 0 Å². The first-order chi connectivity index (χ1) is 6.18. The van der Waals surface area contributed by atoms with Crippen molar-refractivity contribution in [3.8, 4) is 11.5 Å². The van der Waals surface area contributed by atoms with Gasteiger partial charge in [-0.2, -0.15) is 0 Å². The Kier molecular flexibility index (Phi) is 1.69. The second-order valence-corrected chi connectivity index (χ2v) is 3.04. The lowest BCUT2D eigenvalue weighted by atomic mass is 10.3. The number of oxazole rings is 1. The normalized spacial score (nSPS) is 10.7. The van der Waals surface area contributed by atoms with Gasteiger partial charge in [-0.15, -0.1) is 0 Å². The van der Waals surface area contributed by atoms with E-state index in [2.05, 4.69) is 9.97 Å². The van der Waals surface area contributed by atoms with Gasteiger partial charge in [0.15, 0.2) is 11.7 Å². The summed E-state index contributed by atoms with van der Waals surface area (Å²) in [4.78, 5) is 8.22. The Morgan fingerprint density at radius 1 is 1.38 bits per heavy atom. The van der Waals surface area contributed by atoms with Crippen molar-refractivity contribution in [3.63, 3.8) is 0 Å². The first-order valence-corrected chi connectivity index (χ1v) is 4.09. The van der Waals surface area contributed by atoms with E-state index in [1.165, 1.54) is 0 Å². The SMILES string of the molecule is Cc1nc(C)c(-c2cncn2C)o1. The lowest BCUT2D eigenvalue weighted by Gasteiger charge is -1.97. The third-order valence-corrected chi connectivity index (χ3v) is 1.95. The minimum atomic E-state index is 0.689. The molecule has 0 aliphatic rings. The quantitative estimate of drug-likeness (QED) is 0.665. The molecule has 0 aliphatic carbocycles. The second-order valence-electron chi connectivity index (χ2n) is 3.04. The summed E-state index contributed by atoms with van der Waals surface area (Å²) >= 11 is 0. The fourth-order valence-electron chi connectivity index (χ4n) is 1.34. The predicted octanol–water partition coefficient (Wildman–Crippen LogP) is 1.69. The molecule has 0 atom stereocenters. The predicted molar refractivity (Wildman–Crippen MR) is 48.2 cm³/mol. The van der Waals surface area contributed by atoms with Gasteiger partial charge in [-0.25, -0.2) is 9.97 Å². The maximum Gasteiger partial charge on any atom is 0.192 e. The first-order valence-electron chi connectivity index (χ1n) is 4.09. The van der Waals surface area contributed by atoms with Crippen molar-refractivity contribution >= 4 is 0 Å². The Labute approximate surface area is 76.2 Å². The molecule has 0 fully saturated rings. The second kappa shape index (κ2) is 2.73. The highest BCUT2D eigenvalue weighted by Crippen LogP contribution is 2.22. The van der Waals surface area contributed by atoms with Gasteiger partial charge >= 0.3 is 0 Å². The average molecular weight is 177 g/mol. The van der Waals surface area contributed by atoms with Gasteiger partial charge in [0.1, 0.15) is 5.69 Å². The molecule has 0 amide bonds. The summed E-state index contributed by atoms with van der Waals surface area (Å²) in [5, 5.41) is 0. The van der Waals surface area contributed by atoms with E-state index in [9.17, 15) is 0 Å². The van der Waals surface area contributed by atoms with Crippen LogP contribution in [-0.2, 0) is 7.05 Å². The zero-order chi connectivity index (χ0) is 9.42. The Hall–Kier alpha value is -1.58. The van der Waals surface area contributed by atoms with E-state index in [1.807, 2.05) is 25.5 Å². The molecular weight excluding hydrogens is 166 g/mol. The lowest BCUT2D eigenvalue weighted by Crippen LogP contribution is -1.89. The van der Waals surface area contributed by atoms with E-state index >= 15 is 0 Å². The minimum Gasteiger partial charge on any atom is -0.439 e. The lowest BCUT2D eigenvalue weighted by molar-refractivity contribution is 0.530. The number of hydrogen-bond donors (Lipinski definition) is 0. The van der Waals surface area contributed by atoms with Crippen LogP contribution in [0.25, 0.3) is 11.5 Å². The van der Waals surface area contributed by atoms with Gasteiger partial charge in [0, 0.05) is 14.0 Å². The average Bonchev–Trinajstić information content (AvgIpc) is 2.58. The molecule has 0 aromatic carbocycles. The summed E-state index contributed by atoms with van der Waals surface area (Å²) < 4.78 is 7.38. The first kappa shape index (κ1) is 8.04. The molecule has 2 aromatic heterocycles. The molecule has 13 heavy (non-hydrogen) atoms. The Balaban J connectivity index is 2.58. The molecule has 0 unspecified atom stereocenters. The van der Waals surface area contributed by atoms with Gasteiger partial charge in [-0.05, 0) is 6.92 Å². The number of aryl methyl sites for hydroxylation is 3. The van der Waals surface area contributed by atoms with Gasteiger partial charge in [-0.1, -0.05) is 0 Å². The highest BCUT2D eigenvalue weighted by molar-refractivity contribution is 5.54. The van der Waals surface area contributed by atoms with Crippen LogP contribution in [0.4, 0.5) is 0 Å². The molecule has 2 rings (SSSR count). The highest BCUT2D eigenvalue weighted by Gasteiger charge is 2.11. The molecule has 0 radical (unpaired) electrons. The zero-order valence-corrected chi connectivity index (χ0v) is 7.90. The van der Waals surface area contributed by atoms with Gasteiger partial charge < -0.3 is 8.98 Å². The van der Waals surface area contributed by atoms with E-state index in [1.54, 1.807) is 12.5 Å². The molecular formula is C9H11N3O. The van der Waals surface area contributed by atoms with Crippen molar-refractivity contribution in [2.75, 3.05) is 0 Å². The summed E-state index contributed by atoms with van der Waals surface area (Å²) in [6.07, 6.45) is 3.51. The van der Waals surface area contributed by atoms with Crippen LogP contribution in [0.3, 0.4) is 0 Å². The van der Waals surface area contributed by atoms with Crippen molar-refractivity contribution < 1.29 is 4.42 Å². The third-order valence-electron chi connectivity index (χ3n) is 1.95. The molecule has 4 heteroatoms. The fraction of sp³-hybridized carbons (Fsp3) is 0.333. The van der Waals surface area contributed by atoms with Crippen LogP contribution in [0, 0.1) is 13.8 Å². The Morgan fingerprint density at radius 2 is 2.15 bits per heavy atom. The van der Waals surface area contributed by atoms with Gasteiger partial charge in [0.25, 0.3) is 0 Å². The standard InChI is InChI=1S/C9H11N3O/c1-6-9(13-7(2)11-6)8-4-10-5-12(8)3/h4-5H,1-3H3. The number of rotatable bonds is 1. The van der Waals surface area contributed by atoms with E-state index in [0.717, 1.165) is 17.1 Å². The number of hydrogen-bond acceptors (Lipinski definition) is 3. The molecule has 0 saturated carbocycles. The third kappa shape index (κ3) is 1.24. The molecule has 0 saturated heterocycles. The number of nitrogens with zero attached hydrogens (tertiary/aromatic N) is 3. The minimum absolute atomic E-state index is 0.689. The zero-order valence-electron chi connectivity index (χ0n) is 7.90. The number of imidazole rings is 1. The van der Waals surface area contributed by atoms with E-state index in [0.29, 0.717) is 5.89 Å². The largest absolute Gasteiger partial charge is 0.439 e. The van der Waals surface area contributed by atoms with Crippen molar-refractivity contribution in [3.05, 3.63) is 24.1 Å². The monoisotopic (exact) mass is 177 g/mol. The Bertz CT molecular complexity index is 428. The van der Waals surface area contributed by atoms with Gasteiger partial charge in [0.05, 0.1) is 18.2 Å². The molecule has 2 heterocycles. The van der Waals surface area contributed by atoms with E-state index in [4.69, 9.17) is 4.42 Å². The molecule has 68 valence electrons. The highest BCUT2D eigenvalue weighted by atomic mass is 16.4. The Morgan fingerprint density at radius 3 is 2.62 bits per heavy atom. The van der Waals surface area contributed by atoms with Crippen molar-refractivity contribution in [2.45, 2.75) is 13.8 Å². The van der Waals surface area contributed by atoms with Crippen molar-refractivity contribution in [1.29, 1.82) is 0 Å². The van der Waals surface area contributed by atoms with Gasteiger partial charge in [-0.3, -0.25) is 0 Å². The summed E-state index contributed by atoms with van der Waals surface area (Å²) in [6, 6.07) is 0. The van der Waals surface area contributed by atoms with Crippen molar-refractivity contribution in [1.82, 2.24) is 14.5 Å². The molecule has 2 aromatic rings.